The number of hydrogen-bond acceptors (Lipinski definition) is 1. The SMILES string of the molecule is Cc1ccc(F)c(-n2c(=S)[nH]c3ccc(F)c(F)c32)c1. The Hall–Kier alpha value is -2.08. The highest BCUT2D eigenvalue weighted by Crippen LogP contribution is 2.26. The molecule has 0 spiro atoms. The van der Waals surface area contributed by atoms with Crippen LogP contribution in [0, 0.1) is 29.1 Å². The van der Waals surface area contributed by atoms with E-state index in [-0.39, 0.29) is 16.0 Å². The minimum atomic E-state index is -1.06. The van der Waals surface area contributed by atoms with Crippen LogP contribution in [0.15, 0.2) is 30.3 Å². The Morgan fingerprint density at radius 3 is 2.50 bits per heavy atom. The zero-order valence-electron chi connectivity index (χ0n) is 10.4. The average Bonchev–Trinajstić information content (AvgIpc) is 2.74. The summed E-state index contributed by atoms with van der Waals surface area (Å²) in [6.45, 7) is 1.78. The zero-order chi connectivity index (χ0) is 14.4. The summed E-state index contributed by atoms with van der Waals surface area (Å²) in [5.74, 6) is -2.62. The van der Waals surface area contributed by atoms with Crippen LogP contribution in [-0.4, -0.2) is 9.55 Å². The van der Waals surface area contributed by atoms with Crippen LogP contribution < -0.4 is 0 Å². The van der Waals surface area contributed by atoms with Gasteiger partial charge in [0.15, 0.2) is 16.4 Å². The number of benzene rings is 2. The van der Waals surface area contributed by atoms with Gasteiger partial charge in [-0.3, -0.25) is 4.57 Å². The van der Waals surface area contributed by atoms with Gasteiger partial charge in [0, 0.05) is 0 Å². The largest absolute Gasteiger partial charge is 0.330 e. The molecular weight excluding hydrogens is 285 g/mol. The van der Waals surface area contributed by atoms with E-state index in [1.165, 1.54) is 22.8 Å². The first-order valence-electron chi connectivity index (χ1n) is 5.84. The van der Waals surface area contributed by atoms with Crippen molar-refractivity contribution in [3.8, 4) is 5.69 Å². The molecule has 0 bridgehead atoms. The van der Waals surface area contributed by atoms with Gasteiger partial charge in [-0.25, -0.2) is 13.2 Å². The topological polar surface area (TPSA) is 20.7 Å². The van der Waals surface area contributed by atoms with Gasteiger partial charge < -0.3 is 4.98 Å². The molecular formula is C14H9F3N2S. The summed E-state index contributed by atoms with van der Waals surface area (Å²) in [6, 6.07) is 6.76. The van der Waals surface area contributed by atoms with Crippen molar-refractivity contribution in [1.29, 1.82) is 0 Å². The van der Waals surface area contributed by atoms with E-state index < -0.39 is 17.5 Å². The molecule has 20 heavy (non-hydrogen) atoms. The molecule has 1 heterocycles. The van der Waals surface area contributed by atoms with E-state index in [0.29, 0.717) is 5.52 Å². The highest BCUT2D eigenvalue weighted by molar-refractivity contribution is 7.71. The van der Waals surface area contributed by atoms with Crippen molar-refractivity contribution in [3.05, 3.63) is 58.1 Å². The standard InChI is InChI=1S/C14H9F3N2S/c1-7-2-3-8(15)11(6-7)19-13-10(18-14(19)20)5-4-9(16)12(13)17/h2-6H,1H3,(H,18,20). The Bertz CT molecular complexity index is 880. The Labute approximate surface area is 117 Å². The second-order valence-electron chi connectivity index (χ2n) is 4.48. The molecule has 2 aromatic carbocycles. The van der Waals surface area contributed by atoms with E-state index in [1.54, 1.807) is 13.0 Å². The Kier molecular flexibility index (Phi) is 2.90. The van der Waals surface area contributed by atoms with Crippen LogP contribution in [0.25, 0.3) is 16.7 Å². The first-order valence-corrected chi connectivity index (χ1v) is 6.25. The number of imidazole rings is 1. The first-order chi connectivity index (χ1) is 9.49. The van der Waals surface area contributed by atoms with Crippen LogP contribution in [0.3, 0.4) is 0 Å². The van der Waals surface area contributed by atoms with Crippen molar-refractivity contribution in [1.82, 2.24) is 9.55 Å². The van der Waals surface area contributed by atoms with Gasteiger partial charge in [0.2, 0.25) is 0 Å². The second kappa shape index (κ2) is 4.49. The predicted octanol–water partition coefficient (Wildman–Crippen LogP) is 4.41. The van der Waals surface area contributed by atoms with Gasteiger partial charge in [0.25, 0.3) is 0 Å². The van der Waals surface area contributed by atoms with Crippen molar-refractivity contribution in [2.75, 3.05) is 0 Å². The number of nitrogens with zero attached hydrogens (tertiary/aromatic N) is 1. The molecule has 0 fully saturated rings. The molecule has 0 aliphatic carbocycles. The number of nitrogens with one attached hydrogen (secondary N) is 1. The highest BCUT2D eigenvalue weighted by Gasteiger charge is 2.17. The molecule has 0 radical (unpaired) electrons. The summed E-state index contributed by atoms with van der Waals surface area (Å²) in [5.41, 5.74) is 1.09. The molecule has 0 atom stereocenters. The molecule has 0 unspecified atom stereocenters. The molecule has 1 N–H and O–H groups in total. The maximum absolute atomic E-state index is 14.0. The molecule has 0 saturated heterocycles. The molecule has 6 heteroatoms. The fourth-order valence-electron chi connectivity index (χ4n) is 2.16. The van der Waals surface area contributed by atoms with Gasteiger partial charge in [0.1, 0.15) is 11.3 Å². The van der Waals surface area contributed by atoms with E-state index in [2.05, 4.69) is 4.98 Å². The third kappa shape index (κ3) is 1.84. The Morgan fingerprint density at radius 1 is 1.05 bits per heavy atom. The summed E-state index contributed by atoms with van der Waals surface area (Å²) in [5, 5.41) is 0. The lowest BCUT2D eigenvalue weighted by atomic mass is 10.2. The quantitative estimate of drug-likeness (QED) is 0.659. The van der Waals surface area contributed by atoms with Gasteiger partial charge in [-0.15, -0.1) is 0 Å². The second-order valence-corrected chi connectivity index (χ2v) is 4.86. The van der Waals surface area contributed by atoms with E-state index in [0.717, 1.165) is 11.6 Å². The van der Waals surface area contributed by atoms with E-state index in [1.807, 2.05) is 0 Å². The minimum Gasteiger partial charge on any atom is -0.330 e. The molecule has 3 aromatic rings. The lowest BCUT2D eigenvalue weighted by Gasteiger charge is -2.08. The first kappa shape index (κ1) is 12.9. The van der Waals surface area contributed by atoms with Crippen LogP contribution >= 0.6 is 12.2 Å². The lowest BCUT2D eigenvalue weighted by Crippen LogP contribution is -2.00. The van der Waals surface area contributed by atoms with Gasteiger partial charge >= 0.3 is 0 Å². The number of rotatable bonds is 1. The number of halogens is 3. The van der Waals surface area contributed by atoms with Crippen LogP contribution in [0.1, 0.15) is 5.56 Å². The predicted molar refractivity (Wildman–Crippen MR) is 73.1 cm³/mol. The van der Waals surface area contributed by atoms with E-state index in [4.69, 9.17) is 12.2 Å². The molecule has 2 nitrogen and oxygen atoms in total. The number of aryl methyl sites for hydroxylation is 1. The molecule has 102 valence electrons. The van der Waals surface area contributed by atoms with Gasteiger partial charge in [0.05, 0.1) is 11.2 Å². The van der Waals surface area contributed by atoms with E-state index in [9.17, 15) is 13.2 Å². The van der Waals surface area contributed by atoms with Crippen molar-refractivity contribution >= 4 is 23.3 Å². The maximum Gasteiger partial charge on any atom is 0.184 e. The van der Waals surface area contributed by atoms with Gasteiger partial charge in [-0.05, 0) is 49.0 Å². The van der Waals surface area contributed by atoms with Gasteiger partial charge in [-0.2, -0.15) is 0 Å². The fraction of sp³-hybridized carbons (Fsp3) is 0.0714. The van der Waals surface area contributed by atoms with Crippen molar-refractivity contribution in [2.24, 2.45) is 0 Å². The average molecular weight is 294 g/mol. The van der Waals surface area contributed by atoms with Gasteiger partial charge in [-0.1, -0.05) is 6.07 Å². The Morgan fingerprint density at radius 2 is 1.75 bits per heavy atom. The number of hydrogen-bond donors (Lipinski definition) is 1. The number of H-pyrrole nitrogens is 1. The summed E-state index contributed by atoms with van der Waals surface area (Å²) in [4.78, 5) is 2.74. The fourth-order valence-corrected chi connectivity index (χ4v) is 2.46. The lowest BCUT2D eigenvalue weighted by molar-refractivity contribution is 0.514. The van der Waals surface area contributed by atoms with Crippen molar-refractivity contribution < 1.29 is 13.2 Å². The summed E-state index contributed by atoms with van der Waals surface area (Å²) >= 11 is 5.09. The Balaban J connectivity index is 2.48. The van der Waals surface area contributed by atoms with E-state index >= 15 is 0 Å². The van der Waals surface area contributed by atoms with Crippen LogP contribution in [0.5, 0.6) is 0 Å². The molecule has 0 aliphatic heterocycles. The summed E-state index contributed by atoms with van der Waals surface area (Å²) < 4.78 is 42.7. The third-order valence-electron chi connectivity index (χ3n) is 3.08. The molecule has 0 aliphatic rings. The minimum absolute atomic E-state index is 0.0887. The van der Waals surface area contributed by atoms with Crippen molar-refractivity contribution in [3.63, 3.8) is 0 Å². The maximum atomic E-state index is 14.0. The molecule has 0 amide bonds. The molecule has 3 rings (SSSR count). The number of fused-ring (bicyclic) bond motifs is 1. The van der Waals surface area contributed by atoms with Crippen LogP contribution in [0.2, 0.25) is 0 Å². The molecule has 0 saturated carbocycles. The number of aromatic nitrogens is 2. The third-order valence-corrected chi connectivity index (χ3v) is 3.36. The highest BCUT2D eigenvalue weighted by atomic mass is 32.1. The number of aromatic amines is 1. The summed E-state index contributed by atoms with van der Waals surface area (Å²) in [6.07, 6.45) is 0. The summed E-state index contributed by atoms with van der Waals surface area (Å²) in [7, 11) is 0. The zero-order valence-corrected chi connectivity index (χ0v) is 11.2. The van der Waals surface area contributed by atoms with Crippen LogP contribution in [0.4, 0.5) is 13.2 Å². The van der Waals surface area contributed by atoms with Crippen LogP contribution in [-0.2, 0) is 0 Å². The monoisotopic (exact) mass is 294 g/mol. The molecule has 1 aromatic heterocycles. The normalized spacial score (nSPS) is 11.2. The van der Waals surface area contributed by atoms with Crippen molar-refractivity contribution in [2.45, 2.75) is 6.92 Å². The smallest absolute Gasteiger partial charge is 0.184 e.